The first-order valence-corrected chi connectivity index (χ1v) is 16.1. The Balaban J connectivity index is 1.19. The number of aromatic amines is 2. The number of rotatable bonds is 8. The minimum Gasteiger partial charge on any atom is -0.339 e. The maximum absolute atomic E-state index is 12.7. The average Bonchev–Trinajstić information content (AvgIpc) is 3.78. The van der Waals surface area contributed by atoms with Gasteiger partial charge in [-0.15, -0.1) is 0 Å². The lowest BCUT2D eigenvalue weighted by atomic mass is 10.1. The van der Waals surface area contributed by atoms with Gasteiger partial charge in [0.25, 0.3) is 20.0 Å². The minimum absolute atomic E-state index is 0.0807. The van der Waals surface area contributed by atoms with Gasteiger partial charge in [-0.1, -0.05) is 24.3 Å². The quantitative estimate of drug-likeness (QED) is 0.195. The second-order valence-corrected chi connectivity index (χ2v) is 13.4. The van der Waals surface area contributed by atoms with Crippen LogP contribution in [0, 0.1) is 0 Å². The Bertz CT molecular complexity index is 2250. The number of benzene rings is 3. The van der Waals surface area contributed by atoms with Crippen molar-refractivity contribution in [2.24, 2.45) is 14.1 Å². The molecule has 0 atom stereocenters. The summed E-state index contributed by atoms with van der Waals surface area (Å²) >= 11 is 0. The van der Waals surface area contributed by atoms with Gasteiger partial charge in [0.15, 0.2) is 10.1 Å². The van der Waals surface area contributed by atoms with Crippen molar-refractivity contribution in [1.29, 1.82) is 0 Å². The van der Waals surface area contributed by atoms with E-state index in [2.05, 4.69) is 29.4 Å². The van der Waals surface area contributed by atoms with E-state index in [0.717, 1.165) is 11.1 Å². The number of H-pyrrole nitrogens is 2. The van der Waals surface area contributed by atoms with Crippen LogP contribution < -0.4 is 9.44 Å². The standard InChI is InChI=1S/C28H24N10O4S2/c1-37-13-25(29-15-37)43(39,40)35-17-7-9-21-23(11-17)33-27(31-21)19-5-3-4-6-20(19)28-32-22-10-8-18(12-24(22)34-28)36-44(41,42)26-14-38(2)16-30-26/h3-16,35-36H,1-2H3,(H,31,33)(H,32,34). The van der Waals surface area contributed by atoms with Gasteiger partial charge in [0.05, 0.1) is 46.1 Å². The molecule has 0 aliphatic heterocycles. The van der Waals surface area contributed by atoms with E-state index >= 15 is 0 Å². The summed E-state index contributed by atoms with van der Waals surface area (Å²) in [6, 6.07) is 17.6. The van der Waals surface area contributed by atoms with E-state index in [1.165, 1.54) is 25.0 Å². The molecule has 222 valence electrons. The van der Waals surface area contributed by atoms with Crippen LogP contribution in [0.25, 0.3) is 44.8 Å². The summed E-state index contributed by atoms with van der Waals surface area (Å²) in [5.74, 6) is 1.12. The zero-order valence-electron chi connectivity index (χ0n) is 23.2. The SMILES string of the molecule is Cn1cnc(S(=O)(=O)Nc2ccc3nc(-c4ccccc4-c4nc5ccc(NS(=O)(=O)c6cn(C)cn6)cc5[nH]4)[nH]c3c2)c1. The fourth-order valence-corrected chi connectivity index (χ4v) is 6.83. The molecule has 16 heteroatoms. The molecule has 0 unspecified atom stereocenters. The molecule has 0 bridgehead atoms. The molecular formula is C28H24N10O4S2. The maximum Gasteiger partial charge on any atom is 0.280 e. The third-order valence-electron chi connectivity index (χ3n) is 6.82. The Hall–Kier alpha value is -5.48. The lowest BCUT2D eigenvalue weighted by Crippen LogP contribution is -2.13. The van der Waals surface area contributed by atoms with Gasteiger partial charge in [-0.05, 0) is 36.4 Å². The zero-order chi connectivity index (χ0) is 30.6. The fourth-order valence-electron chi connectivity index (χ4n) is 4.77. The van der Waals surface area contributed by atoms with Crippen molar-refractivity contribution in [3.8, 4) is 22.8 Å². The van der Waals surface area contributed by atoms with Gasteiger partial charge in [-0.2, -0.15) is 16.8 Å². The van der Waals surface area contributed by atoms with Crippen molar-refractivity contribution >= 4 is 53.5 Å². The first-order valence-electron chi connectivity index (χ1n) is 13.1. The number of aromatic nitrogens is 8. The third kappa shape index (κ3) is 5.05. The molecule has 4 heterocycles. The van der Waals surface area contributed by atoms with Gasteiger partial charge < -0.3 is 19.1 Å². The number of sulfonamides is 2. The summed E-state index contributed by atoms with van der Waals surface area (Å²) in [4.78, 5) is 23.9. The largest absolute Gasteiger partial charge is 0.339 e. The van der Waals surface area contributed by atoms with Gasteiger partial charge >= 0.3 is 0 Å². The Morgan fingerprint density at radius 3 is 1.45 bits per heavy atom. The average molecular weight is 629 g/mol. The molecule has 0 radical (unpaired) electrons. The highest BCUT2D eigenvalue weighted by molar-refractivity contribution is 7.93. The van der Waals surface area contributed by atoms with Crippen molar-refractivity contribution in [1.82, 2.24) is 39.0 Å². The Morgan fingerprint density at radius 2 is 1.07 bits per heavy atom. The first-order chi connectivity index (χ1) is 21.0. The molecule has 0 spiro atoms. The number of nitrogens with zero attached hydrogens (tertiary/aromatic N) is 6. The van der Waals surface area contributed by atoms with Crippen molar-refractivity contribution in [3.05, 3.63) is 85.7 Å². The zero-order valence-corrected chi connectivity index (χ0v) is 24.8. The number of fused-ring (bicyclic) bond motifs is 2. The molecule has 0 aliphatic carbocycles. The maximum atomic E-state index is 12.7. The number of nitrogens with one attached hydrogen (secondary N) is 4. The molecule has 4 N–H and O–H groups in total. The molecule has 0 aliphatic rings. The lowest BCUT2D eigenvalue weighted by Gasteiger charge is -2.05. The van der Waals surface area contributed by atoms with Gasteiger partial charge in [-0.3, -0.25) is 9.44 Å². The highest BCUT2D eigenvalue weighted by atomic mass is 32.2. The molecule has 7 aromatic rings. The molecule has 0 saturated heterocycles. The van der Waals surface area contributed by atoms with Crippen molar-refractivity contribution in [2.45, 2.75) is 10.1 Å². The van der Waals surface area contributed by atoms with Crippen LogP contribution in [-0.4, -0.2) is 55.9 Å². The first kappa shape index (κ1) is 27.4. The third-order valence-corrected chi connectivity index (χ3v) is 9.35. The van der Waals surface area contributed by atoms with E-state index in [9.17, 15) is 16.8 Å². The fraction of sp³-hybridized carbons (Fsp3) is 0.0714. The molecule has 4 aromatic heterocycles. The predicted octanol–water partition coefficient (Wildman–Crippen LogP) is 3.84. The molecule has 0 amide bonds. The van der Waals surface area contributed by atoms with E-state index < -0.39 is 20.0 Å². The summed E-state index contributed by atoms with van der Waals surface area (Å²) in [5.41, 5.74) is 4.78. The van der Waals surface area contributed by atoms with Crippen LogP contribution in [0.15, 0.2) is 95.8 Å². The van der Waals surface area contributed by atoms with E-state index in [1.807, 2.05) is 24.3 Å². The summed E-state index contributed by atoms with van der Waals surface area (Å²) in [7, 11) is -4.33. The van der Waals surface area contributed by atoms with E-state index in [1.54, 1.807) is 59.6 Å². The Morgan fingerprint density at radius 1 is 0.636 bits per heavy atom. The van der Waals surface area contributed by atoms with Gasteiger partial charge in [0.2, 0.25) is 0 Å². The molecular weight excluding hydrogens is 605 g/mol. The van der Waals surface area contributed by atoms with Crippen molar-refractivity contribution in [2.75, 3.05) is 9.44 Å². The number of aryl methyl sites for hydroxylation is 2. The second-order valence-electron chi connectivity index (χ2n) is 10.1. The summed E-state index contributed by atoms with van der Waals surface area (Å²) in [6.45, 7) is 0. The number of anilines is 2. The van der Waals surface area contributed by atoms with E-state index in [4.69, 9.17) is 9.97 Å². The second kappa shape index (κ2) is 10.1. The normalized spacial score (nSPS) is 12.2. The van der Waals surface area contributed by atoms with Gasteiger partial charge in [-0.25, -0.2) is 19.9 Å². The van der Waals surface area contributed by atoms with E-state index in [0.29, 0.717) is 45.1 Å². The molecule has 7 rings (SSSR count). The highest BCUT2D eigenvalue weighted by Crippen LogP contribution is 2.32. The molecule has 14 nitrogen and oxygen atoms in total. The lowest BCUT2D eigenvalue weighted by molar-refractivity contribution is 0.596. The summed E-state index contributed by atoms with van der Waals surface area (Å²) in [5, 5.41) is -0.161. The Labute approximate surface area is 251 Å². The monoisotopic (exact) mass is 628 g/mol. The summed E-state index contributed by atoms with van der Waals surface area (Å²) < 4.78 is 59.2. The van der Waals surface area contributed by atoms with Crippen LogP contribution >= 0.6 is 0 Å². The van der Waals surface area contributed by atoms with E-state index in [-0.39, 0.29) is 10.1 Å². The van der Waals surface area contributed by atoms with Crippen LogP contribution in [0.4, 0.5) is 11.4 Å². The topological polar surface area (TPSA) is 185 Å². The highest BCUT2D eigenvalue weighted by Gasteiger charge is 2.20. The molecule has 44 heavy (non-hydrogen) atoms. The molecule has 3 aromatic carbocycles. The van der Waals surface area contributed by atoms with Crippen molar-refractivity contribution < 1.29 is 16.8 Å². The number of hydrogen-bond acceptors (Lipinski definition) is 8. The van der Waals surface area contributed by atoms with Gasteiger partial charge in [0.1, 0.15) is 11.6 Å². The molecule has 0 fully saturated rings. The summed E-state index contributed by atoms with van der Waals surface area (Å²) in [6.07, 6.45) is 5.68. The van der Waals surface area contributed by atoms with Crippen LogP contribution in [0.5, 0.6) is 0 Å². The smallest absolute Gasteiger partial charge is 0.280 e. The minimum atomic E-state index is -3.86. The molecule has 0 saturated carbocycles. The van der Waals surface area contributed by atoms with Crippen LogP contribution in [0.3, 0.4) is 0 Å². The van der Waals surface area contributed by atoms with Crippen LogP contribution in [0.2, 0.25) is 0 Å². The Kier molecular flexibility index (Phi) is 6.26. The van der Waals surface area contributed by atoms with Crippen LogP contribution in [-0.2, 0) is 34.1 Å². The van der Waals surface area contributed by atoms with Crippen LogP contribution in [0.1, 0.15) is 0 Å². The van der Waals surface area contributed by atoms with Crippen molar-refractivity contribution in [3.63, 3.8) is 0 Å². The number of hydrogen-bond donors (Lipinski definition) is 4. The van der Waals surface area contributed by atoms with Gasteiger partial charge in [0, 0.05) is 37.6 Å². The number of imidazole rings is 4. The predicted molar refractivity (Wildman–Crippen MR) is 165 cm³/mol.